The molecule has 0 radical (unpaired) electrons. The Morgan fingerprint density at radius 3 is 2.65 bits per heavy atom. The van der Waals surface area contributed by atoms with Gasteiger partial charge in [-0.05, 0) is 32.8 Å². The number of hydrogen-bond donors (Lipinski definition) is 0. The highest BCUT2D eigenvalue weighted by Gasteiger charge is 2.21. The number of sulfone groups is 1. The Bertz CT molecular complexity index is 988. The van der Waals surface area contributed by atoms with Gasteiger partial charge in [-0.15, -0.1) is 0 Å². The minimum Gasteiger partial charge on any atom is -0.342 e. The molecule has 1 amide bonds. The van der Waals surface area contributed by atoms with Crippen molar-refractivity contribution in [1.29, 1.82) is 5.26 Å². The molecule has 0 N–H and O–H groups in total. The molecule has 0 aromatic carbocycles. The fraction of sp³-hybridized carbons (Fsp3) is 0.529. The smallest absolute Gasteiger partial charge is 0.222 e. The summed E-state index contributed by atoms with van der Waals surface area (Å²) in [6.07, 6.45) is 3.35. The van der Waals surface area contributed by atoms with Gasteiger partial charge in [-0.25, -0.2) is 17.9 Å². The molecule has 0 unspecified atom stereocenters. The topological polar surface area (TPSA) is 108 Å². The van der Waals surface area contributed by atoms with E-state index in [1.54, 1.807) is 18.5 Å². The molecule has 0 fully saturated rings. The van der Waals surface area contributed by atoms with Gasteiger partial charge in [0.05, 0.1) is 11.9 Å². The largest absolute Gasteiger partial charge is 0.342 e. The Hall–Kier alpha value is -2.47. The molecule has 2 aromatic heterocycles. The third-order valence-corrected chi connectivity index (χ3v) is 5.60. The minimum absolute atomic E-state index is 0.0645. The van der Waals surface area contributed by atoms with Crippen molar-refractivity contribution in [2.45, 2.75) is 39.7 Å². The van der Waals surface area contributed by atoms with Crippen LogP contribution in [0, 0.1) is 25.2 Å². The Labute approximate surface area is 153 Å². The number of rotatable bonds is 6. The van der Waals surface area contributed by atoms with Crippen LogP contribution in [0.4, 0.5) is 0 Å². The zero-order chi connectivity index (χ0) is 19.6. The first-order valence-electron chi connectivity index (χ1n) is 8.22. The summed E-state index contributed by atoms with van der Waals surface area (Å²) in [5.41, 5.74) is 3.42. The second kappa shape index (κ2) is 7.41. The average molecular weight is 377 g/mol. The SMILES string of the molecule is Cc1nc2c(C#N)cnn2c(C)c1CCC(=O)N(C)[C@@H](C)CS(C)(=O)=O. The molecule has 2 rings (SSSR count). The van der Waals surface area contributed by atoms with Crippen LogP contribution in [0.5, 0.6) is 0 Å². The van der Waals surface area contributed by atoms with Crippen LogP contribution in [0.15, 0.2) is 6.20 Å². The first kappa shape index (κ1) is 19.8. The van der Waals surface area contributed by atoms with Crippen LogP contribution in [-0.4, -0.2) is 58.9 Å². The predicted octanol–water partition coefficient (Wildman–Crippen LogP) is 1.04. The van der Waals surface area contributed by atoms with E-state index < -0.39 is 9.84 Å². The van der Waals surface area contributed by atoms with Gasteiger partial charge in [0.1, 0.15) is 21.5 Å². The number of nitrogens with zero attached hydrogens (tertiary/aromatic N) is 5. The van der Waals surface area contributed by atoms with E-state index >= 15 is 0 Å². The Kier molecular flexibility index (Phi) is 5.66. The summed E-state index contributed by atoms with van der Waals surface area (Å²) in [7, 11) is -1.53. The summed E-state index contributed by atoms with van der Waals surface area (Å²) in [6, 6.07) is 1.68. The molecule has 26 heavy (non-hydrogen) atoms. The highest BCUT2D eigenvalue weighted by molar-refractivity contribution is 7.90. The number of hydrogen-bond acceptors (Lipinski definition) is 6. The summed E-state index contributed by atoms with van der Waals surface area (Å²) in [4.78, 5) is 18.3. The fourth-order valence-electron chi connectivity index (χ4n) is 2.96. The van der Waals surface area contributed by atoms with Gasteiger partial charge in [0.25, 0.3) is 0 Å². The van der Waals surface area contributed by atoms with Gasteiger partial charge < -0.3 is 4.90 Å². The van der Waals surface area contributed by atoms with Gasteiger partial charge in [0.15, 0.2) is 5.65 Å². The van der Waals surface area contributed by atoms with E-state index in [0.29, 0.717) is 17.6 Å². The Balaban J connectivity index is 2.17. The van der Waals surface area contributed by atoms with Crippen LogP contribution in [0.1, 0.15) is 35.9 Å². The second-order valence-corrected chi connectivity index (χ2v) is 8.80. The predicted molar refractivity (Wildman–Crippen MR) is 97.4 cm³/mol. The number of carbonyl (C=O) groups is 1. The molecule has 140 valence electrons. The molecule has 1 atom stereocenters. The third-order valence-electron chi connectivity index (χ3n) is 4.52. The van der Waals surface area contributed by atoms with Gasteiger partial charge in [-0.2, -0.15) is 10.4 Å². The monoisotopic (exact) mass is 377 g/mol. The summed E-state index contributed by atoms with van der Waals surface area (Å²) in [6.45, 7) is 5.44. The first-order chi connectivity index (χ1) is 12.0. The lowest BCUT2D eigenvalue weighted by molar-refractivity contribution is -0.131. The van der Waals surface area contributed by atoms with Gasteiger partial charge in [0, 0.05) is 37.2 Å². The third kappa shape index (κ3) is 4.19. The minimum atomic E-state index is -3.15. The highest BCUT2D eigenvalue weighted by Crippen LogP contribution is 2.18. The van der Waals surface area contributed by atoms with Crippen molar-refractivity contribution in [1.82, 2.24) is 19.5 Å². The number of aryl methyl sites for hydroxylation is 2. The van der Waals surface area contributed by atoms with Crippen molar-refractivity contribution in [3.05, 3.63) is 28.7 Å². The second-order valence-electron chi connectivity index (χ2n) is 6.61. The Morgan fingerprint density at radius 1 is 1.42 bits per heavy atom. The maximum Gasteiger partial charge on any atom is 0.222 e. The van der Waals surface area contributed by atoms with Gasteiger partial charge in [0.2, 0.25) is 5.91 Å². The molecule has 9 heteroatoms. The van der Waals surface area contributed by atoms with Crippen molar-refractivity contribution in [2.75, 3.05) is 19.1 Å². The van der Waals surface area contributed by atoms with E-state index in [1.807, 2.05) is 13.8 Å². The van der Waals surface area contributed by atoms with E-state index in [4.69, 9.17) is 5.26 Å². The van der Waals surface area contributed by atoms with Gasteiger partial charge in [-0.1, -0.05) is 0 Å². The van der Waals surface area contributed by atoms with Gasteiger partial charge in [-0.3, -0.25) is 4.79 Å². The summed E-state index contributed by atoms with van der Waals surface area (Å²) < 4.78 is 24.4. The maximum absolute atomic E-state index is 12.4. The molecule has 0 saturated heterocycles. The molecular weight excluding hydrogens is 354 g/mol. The van der Waals surface area contributed by atoms with Crippen molar-refractivity contribution < 1.29 is 13.2 Å². The lowest BCUT2D eigenvalue weighted by Crippen LogP contribution is -2.39. The van der Waals surface area contributed by atoms with Crippen molar-refractivity contribution >= 4 is 21.4 Å². The molecule has 8 nitrogen and oxygen atoms in total. The van der Waals surface area contributed by atoms with Crippen LogP contribution in [-0.2, 0) is 21.1 Å². The number of fused-ring (bicyclic) bond motifs is 1. The summed E-state index contributed by atoms with van der Waals surface area (Å²) in [5, 5.41) is 13.3. The lowest BCUT2D eigenvalue weighted by Gasteiger charge is -2.24. The Morgan fingerprint density at radius 2 is 2.08 bits per heavy atom. The van der Waals surface area contributed by atoms with Gasteiger partial charge >= 0.3 is 0 Å². The standard InChI is InChI=1S/C17H23N5O3S/c1-11(10-26(5,24)25)21(4)16(23)7-6-15-12(2)20-17-14(8-18)9-19-22(17)13(15)3/h9,11H,6-7,10H2,1-5H3/t11-/m0/s1. The van der Waals surface area contributed by atoms with Crippen molar-refractivity contribution in [3.8, 4) is 6.07 Å². The van der Waals surface area contributed by atoms with Crippen molar-refractivity contribution in [3.63, 3.8) is 0 Å². The van der Waals surface area contributed by atoms with E-state index in [1.165, 1.54) is 11.1 Å². The molecule has 0 aliphatic carbocycles. The van der Waals surface area contributed by atoms with E-state index in [9.17, 15) is 13.2 Å². The zero-order valence-electron chi connectivity index (χ0n) is 15.6. The van der Waals surface area contributed by atoms with Crippen LogP contribution < -0.4 is 0 Å². The van der Waals surface area contributed by atoms with E-state index in [-0.39, 0.29) is 24.1 Å². The maximum atomic E-state index is 12.4. The molecular formula is C17H23N5O3S. The zero-order valence-corrected chi connectivity index (χ0v) is 16.5. The number of aromatic nitrogens is 3. The first-order valence-corrected chi connectivity index (χ1v) is 10.3. The molecule has 0 saturated carbocycles. The van der Waals surface area contributed by atoms with E-state index in [0.717, 1.165) is 23.2 Å². The van der Waals surface area contributed by atoms with Crippen LogP contribution in [0.3, 0.4) is 0 Å². The number of carbonyl (C=O) groups excluding carboxylic acids is 1. The molecule has 0 aliphatic heterocycles. The average Bonchev–Trinajstić information content (AvgIpc) is 2.94. The molecule has 2 heterocycles. The quantitative estimate of drug-likeness (QED) is 0.744. The van der Waals surface area contributed by atoms with E-state index in [2.05, 4.69) is 16.2 Å². The number of amides is 1. The summed E-state index contributed by atoms with van der Waals surface area (Å²) in [5.74, 6) is -0.191. The van der Waals surface area contributed by atoms with Crippen molar-refractivity contribution in [2.24, 2.45) is 0 Å². The molecule has 2 aromatic rings. The lowest BCUT2D eigenvalue weighted by atomic mass is 10.1. The highest BCUT2D eigenvalue weighted by atomic mass is 32.2. The van der Waals surface area contributed by atoms with Crippen LogP contribution in [0.25, 0.3) is 5.65 Å². The molecule has 0 spiro atoms. The number of nitriles is 1. The molecule has 0 bridgehead atoms. The normalized spacial score (nSPS) is 12.8. The van der Waals surface area contributed by atoms with Crippen LogP contribution in [0.2, 0.25) is 0 Å². The fourth-order valence-corrected chi connectivity index (χ4v) is 4.06. The summed E-state index contributed by atoms with van der Waals surface area (Å²) >= 11 is 0. The van der Waals surface area contributed by atoms with Crippen LogP contribution >= 0.6 is 0 Å². The molecule has 0 aliphatic rings.